The zero-order chi connectivity index (χ0) is 16.0. The molecule has 0 saturated carbocycles. The number of benzene rings is 1. The van der Waals surface area contributed by atoms with E-state index in [1.54, 1.807) is 24.4 Å². The van der Waals surface area contributed by atoms with E-state index in [2.05, 4.69) is 16.8 Å². The molecule has 2 N–H and O–H groups in total. The Morgan fingerprint density at radius 2 is 2.17 bits per heavy atom. The number of rotatable bonds is 3. The van der Waals surface area contributed by atoms with Crippen LogP contribution in [0.5, 0.6) is 5.75 Å². The molecule has 0 radical (unpaired) electrons. The molecule has 3 fully saturated rings. The normalized spacial score (nSPS) is 30.1. The summed E-state index contributed by atoms with van der Waals surface area (Å²) in [7, 11) is 0. The van der Waals surface area contributed by atoms with Gasteiger partial charge in [-0.1, -0.05) is 13.3 Å². The van der Waals surface area contributed by atoms with Gasteiger partial charge in [0, 0.05) is 24.2 Å². The van der Waals surface area contributed by atoms with Gasteiger partial charge in [0.1, 0.15) is 5.75 Å². The molecule has 4 nitrogen and oxygen atoms in total. The molecule has 1 aromatic carbocycles. The lowest BCUT2D eigenvalue weighted by atomic mass is 9.72. The van der Waals surface area contributed by atoms with Crippen LogP contribution in [0.2, 0.25) is 0 Å². The van der Waals surface area contributed by atoms with Gasteiger partial charge in [-0.15, -0.1) is 12.4 Å². The first-order valence-electron chi connectivity index (χ1n) is 8.67. The molecule has 3 saturated heterocycles. The fourth-order valence-corrected chi connectivity index (χ4v) is 4.59. The van der Waals surface area contributed by atoms with E-state index in [9.17, 15) is 10.2 Å². The Kier molecular flexibility index (Phi) is 5.00. The van der Waals surface area contributed by atoms with Gasteiger partial charge in [-0.3, -0.25) is 9.88 Å². The summed E-state index contributed by atoms with van der Waals surface area (Å²) >= 11 is 0. The van der Waals surface area contributed by atoms with Crippen molar-refractivity contribution in [2.75, 3.05) is 13.1 Å². The fraction of sp³-hybridized carbons (Fsp3) is 0.526. The number of phenolic OH excluding ortho intramolecular Hbond substituents is 1. The lowest BCUT2D eigenvalue weighted by Gasteiger charge is -2.51. The summed E-state index contributed by atoms with van der Waals surface area (Å²) in [5.41, 5.74) is 1.71. The van der Waals surface area contributed by atoms with Crippen LogP contribution in [0.15, 0.2) is 30.5 Å². The second-order valence-electron chi connectivity index (χ2n) is 7.06. The summed E-state index contributed by atoms with van der Waals surface area (Å²) in [5, 5.41) is 21.7. The van der Waals surface area contributed by atoms with Crippen LogP contribution in [-0.2, 0) is 0 Å². The molecule has 130 valence electrons. The van der Waals surface area contributed by atoms with Crippen molar-refractivity contribution in [1.82, 2.24) is 9.88 Å². The van der Waals surface area contributed by atoms with E-state index in [0.29, 0.717) is 0 Å². The maximum atomic E-state index is 11.1. The molecular formula is C19H25ClN2O2. The highest BCUT2D eigenvalue weighted by Crippen LogP contribution is 2.42. The van der Waals surface area contributed by atoms with Gasteiger partial charge in [0.25, 0.3) is 0 Å². The maximum absolute atomic E-state index is 11.1. The molecule has 0 aliphatic carbocycles. The number of aromatic hydroxyl groups is 1. The highest BCUT2D eigenvalue weighted by molar-refractivity contribution is 5.85. The average Bonchev–Trinajstić information content (AvgIpc) is 2.60. The molecule has 5 heteroatoms. The molecule has 1 aromatic heterocycles. The molecule has 4 heterocycles. The summed E-state index contributed by atoms with van der Waals surface area (Å²) in [6.07, 6.45) is 4.80. The highest BCUT2D eigenvalue weighted by atomic mass is 35.5. The number of aliphatic hydroxyl groups excluding tert-OH is 1. The van der Waals surface area contributed by atoms with Crippen molar-refractivity contribution in [3.63, 3.8) is 0 Å². The monoisotopic (exact) mass is 348 g/mol. The third-order valence-corrected chi connectivity index (χ3v) is 5.90. The topological polar surface area (TPSA) is 56.6 Å². The van der Waals surface area contributed by atoms with Crippen LogP contribution in [0.25, 0.3) is 10.9 Å². The van der Waals surface area contributed by atoms with Crippen molar-refractivity contribution in [3.8, 4) is 5.75 Å². The summed E-state index contributed by atoms with van der Waals surface area (Å²) in [4.78, 5) is 6.81. The summed E-state index contributed by atoms with van der Waals surface area (Å²) in [6.45, 7) is 4.48. The van der Waals surface area contributed by atoms with E-state index < -0.39 is 6.10 Å². The number of pyridine rings is 1. The molecule has 2 aromatic rings. The van der Waals surface area contributed by atoms with E-state index in [-0.39, 0.29) is 24.2 Å². The number of halogens is 1. The zero-order valence-corrected chi connectivity index (χ0v) is 14.7. The van der Waals surface area contributed by atoms with Gasteiger partial charge in [-0.25, -0.2) is 0 Å². The minimum atomic E-state index is -0.525. The van der Waals surface area contributed by atoms with E-state index in [0.717, 1.165) is 47.8 Å². The standard InChI is InChI=1S/C19H24N2O2.ClH/c1-2-12-11-21-8-6-13(12)9-18(21)19(23)15-5-7-20-17-4-3-14(22)10-16(15)17;/h3-5,7,10,12-13,18-19,22-23H,2,6,8-9,11H2,1H3;1H/t12-,13+,18-,19+;/m0./s1. The second kappa shape index (κ2) is 6.87. The van der Waals surface area contributed by atoms with E-state index >= 15 is 0 Å². The number of hydrogen-bond donors (Lipinski definition) is 2. The van der Waals surface area contributed by atoms with Crippen molar-refractivity contribution in [2.45, 2.75) is 38.3 Å². The van der Waals surface area contributed by atoms with Crippen LogP contribution >= 0.6 is 12.4 Å². The Morgan fingerprint density at radius 3 is 2.88 bits per heavy atom. The zero-order valence-electron chi connectivity index (χ0n) is 13.9. The van der Waals surface area contributed by atoms with Crippen molar-refractivity contribution in [3.05, 3.63) is 36.0 Å². The van der Waals surface area contributed by atoms with Crippen LogP contribution in [0.4, 0.5) is 0 Å². The molecule has 5 atom stereocenters. The molecule has 3 aliphatic heterocycles. The van der Waals surface area contributed by atoms with Crippen LogP contribution in [0, 0.1) is 11.8 Å². The largest absolute Gasteiger partial charge is 0.508 e. The number of aromatic nitrogens is 1. The summed E-state index contributed by atoms with van der Waals surface area (Å²) in [5.74, 6) is 1.74. The van der Waals surface area contributed by atoms with Crippen molar-refractivity contribution >= 4 is 23.3 Å². The van der Waals surface area contributed by atoms with Crippen LogP contribution in [0.3, 0.4) is 0 Å². The first-order chi connectivity index (χ1) is 11.2. The van der Waals surface area contributed by atoms with Gasteiger partial charge in [-0.2, -0.15) is 0 Å². The molecule has 0 spiro atoms. The molecule has 1 unspecified atom stereocenters. The first-order valence-corrected chi connectivity index (χ1v) is 8.67. The minimum absolute atomic E-state index is 0. The number of nitrogens with zero attached hydrogens (tertiary/aromatic N) is 2. The third kappa shape index (κ3) is 2.87. The predicted molar refractivity (Wildman–Crippen MR) is 97.5 cm³/mol. The Hall–Kier alpha value is -1.36. The van der Waals surface area contributed by atoms with E-state index in [1.807, 2.05) is 6.07 Å². The SMILES string of the molecule is CC[C@H]1CN2CC[C@@H]1C[C@H]2[C@H](O)c1ccnc2ccc(O)cc12.Cl. The number of hydrogen-bond acceptors (Lipinski definition) is 4. The number of phenols is 1. The Morgan fingerprint density at radius 1 is 1.33 bits per heavy atom. The van der Waals surface area contributed by atoms with Gasteiger partial charge >= 0.3 is 0 Å². The Balaban J connectivity index is 0.00000169. The van der Waals surface area contributed by atoms with Crippen molar-refractivity contribution in [1.29, 1.82) is 0 Å². The first kappa shape index (κ1) is 17.5. The maximum Gasteiger partial charge on any atom is 0.116 e. The minimum Gasteiger partial charge on any atom is -0.508 e. The molecular weight excluding hydrogens is 324 g/mol. The molecule has 3 aliphatic rings. The van der Waals surface area contributed by atoms with Crippen LogP contribution < -0.4 is 0 Å². The summed E-state index contributed by atoms with van der Waals surface area (Å²) in [6, 6.07) is 7.24. The van der Waals surface area contributed by atoms with Gasteiger partial charge < -0.3 is 10.2 Å². The molecule has 24 heavy (non-hydrogen) atoms. The quantitative estimate of drug-likeness (QED) is 0.891. The van der Waals surface area contributed by atoms with Gasteiger partial charge in [0.2, 0.25) is 0 Å². The molecule has 2 bridgehead atoms. The van der Waals surface area contributed by atoms with Crippen molar-refractivity contribution < 1.29 is 10.2 Å². The smallest absolute Gasteiger partial charge is 0.116 e. The van der Waals surface area contributed by atoms with Crippen molar-refractivity contribution in [2.24, 2.45) is 11.8 Å². The van der Waals surface area contributed by atoms with Gasteiger partial charge in [0.15, 0.2) is 0 Å². The van der Waals surface area contributed by atoms with Gasteiger partial charge in [0.05, 0.1) is 11.6 Å². The number of aliphatic hydroxyl groups is 1. The van der Waals surface area contributed by atoms with E-state index in [4.69, 9.17) is 0 Å². The average molecular weight is 349 g/mol. The Bertz CT molecular complexity index is 724. The van der Waals surface area contributed by atoms with Crippen LogP contribution in [0.1, 0.15) is 37.9 Å². The number of fused-ring (bicyclic) bond motifs is 4. The molecule has 5 rings (SSSR count). The highest BCUT2D eigenvalue weighted by Gasteiger charge is 2.42. The Labute approximate surface area is 148 Å². The van der Waals surface area contributed by atoms with Crippen LogP contribution in [-0.4, -0.2) is 39.2 Å². The lowest BCUT2D eigenvalue weighted by molar-refractivity contribution is -0.0562. The predicted octanol–water partition coefficient (Wildman–Crippen LogP) is 3.52. The number of piperidine rings is 3. The lowest BCUT2D eigenvalue weighted by Crippen LogP contribution is -2.55. The summed E-state index contributed by atoms with van der Waals surface area (Å²) < 4.78 is 0. The van der Waals surface area contributed by atoms with E-state index in [1.165, 1.54) is 12.8 Å². The van der Waals surface area contributed by atoms with Gasteiger partial charge in [-0.05, 0) is 61.1 Å². The second-order valence-corrected chi connectivity index (χ2v) is 7.06. The molecule has 0 amide bonds. The fourth-order valence-electron chi connectivity index (χ4n) is 4.59. The third-order valence-electron chi connectivity index (χ3n) is 5.90.